The van der Waals surface area contributed by atoms with Crippen molar-refractivity contribution < 1.29 is 9.72 Å². The van der Waals surface area contributed by atoms with Crippen LogP contribution in [0.5, 0.6) is 0 Å². The molecule has 0 aliphatic carbocycles. The van der Waals surface area contributed by atoms with E-state index in [1.807, 2.05) is 20.1 Å². The maximum atomic E-state index is 12.2. The van der Waals surface area contributed by atoms with Crippen molar-refractivity contribution in [3.8, 4) is 0 Å². The summed E-state index contributed by atoms with van der Waals surface area (Å²) >= 11 is 1.61. The summed E-state index contributed by atoms with van der Waals surface area (Å²) in [6.07, 6.45) is 1.94. The summed E-state index contributed by atoms with van der Waals surface area (Å²) in [4.78, 5) is 22.6. The van der Waals surface area contributed by atoms with Crippen LogP contribution in [-0.4, -0.2) is 35.4 Å². The van der Waals surface area contributed by atoms with E-state index in [1.165, 1.54) is 12.1 Å². The lowest BCUT2D eigenvalue weighted by molar-refractivity contribution is -0.385. The topological polar surface area (TPSA) is 84.3 Å². The first-order chi connectivity index (χ1) is 9.49. The number of thioether (sulfide) groups is 1. The minimum Gasteiger partial charge on any atom is -0.385 e. The van der Waals surface area contributed by atoms with Crippen LogP contribution in [0.2, 0.25) is 0 Å². The van der Waals surface area contributed by atoms with E-state index in [0.29, 0.717) is 12.2 Å². The number of benzene rings is 1. The molecule has 0 saturated heterocycles. The van der Waals surface area contributed by atoms with Gasteiger partial charge in [0.2, 0.25) is 0 Å². The van der Waals surface area contributed by atoms with Gasteiger partial charge in [-0.2, -0.15) is 11.8 Å². The predicted octanol–water partition coefficient (Wildman–Crippen LogP) is 2.51. The summed E-state index contributed by atoms with van der Waals surface area (Å²) in [7, 11) is 0. The SMILES string of the molecule is CCNc1ccc([N+](=O)[O-])c(C(=O)NC(C)CSC)c1. The van der Waals surface area contributed by atoms with Crippen molar-refractivity contribution in [3.63, 3.8) is 0 Å². The Morgan fingerprint density at radius 2 is 2.20 bits per heavy atom. The van der Waals surface area contributed by atoms with E-state index in [1.54, 1.807) is 17.8 Å². The fraction of sp³-hybridized carbons (Fsp3) is 0.462. The molecule has 0 bridgehead atoms. The molecule has 0 saturated carbocycles. The summed E-state index contributed by atoms with van der Waals surface area (Å²) in [5, 5.41) is 16.8. The Labute approximate surface area is 122 Å². The van der Waals surface area contributed by atoms with E-state index in [4.69, 9.17) is 0 Å². The number of rotatable bonds is 7. The Bertz CT molecular complexity index is 494. The van der Waals surface area contributed by atoms with Gasteiger partial charge in [0.1, 0.15) is 5.56 Å². The molecule has 0 aliphatic heterocycles. The average Bonchev–Trinajstić information content (AvgIpc) is 2.38. The lowest BCUT2D eigenvalue weighted by Crippen LogP contribution is -2.34. The van der Waals surface area contributed by atoms with E-state index in [9.17, 15) is 14.9 Å². The van der Waals surface area contributed by atoms with Crippen LogP contribution in [0.3, 0.4) is 0 Å². The molecule has 1 aromatic carbocycles. The lowest BCUT2D eigenvalue weighted by atomic mass is 10.1. The van der Waals surface area contributed by atoms with E-state index in [-0.39, 0.29) is 17.3 Å². The number of nitrogens with one attached hydrogen (secondary N) is 2. The van der Waals surface area contributed by atoms with Crippen LogP contribution in [0.4, 0.5) is 11.4 Å². The third-order valence-corrected chi connectivity index (χ3v) is 3.45. The van der Waals surface area contributed by atoms with Crippen LogP contribution in [0, 0.1) is 10.1 Å². The molecule has 0 aromatic heterocycles. The highest BCUT2D eigenvalue weighted by molar-refractivity contribution is 7.98. The van der Waals surface area contributed by atoms with E-state index >= 15 is 0 Å². The number of carbonyl (C=O) groups is 1. The highest BCUT2D eigenvalue weighted by Crippen LogP contribution is 2.22. The third-order valence-electron chi connectivity index (χ3n) is 2.61. The van der Waals surface area contributed by atoms with Gasteiger partial charge in [0.15, 0.2) is 0 Å². The molecule has 0 fully saturated rings. The zero-order valence-corrected chi connectivity index (χ0v) is 12.6. The van der Waals surface area contributed by atoms with Crippen molar-refractivity contribution in [2.24, 2.45) is 0 Å². The van der Waals surface area contributed by atoms with Crippen LogP contribution in [0.25, 0.3) is 0 Å². The largest absolute Gasteiger partial charge is 0.385 e. The Morgan fingerprint density at radius 1 is 1.50 bits per heavy atom. The van der Waals surface area contributed by atoms with Crippen molar-refractivity contribution in [2.75, 3.05) is 23.9 Å². The van der Waals surface area contributed by atoms with Gasteiger partial charge < -0.3 is 10.6 Å². The zero-order chi connectivity index (χ0) is 15.1. The van der Waals surface area contributed by atoms with Crippen LogP contribution in [-0.2, 0) is 0 Å². The first-order valence-electron chi connectivity index (χ1n) is 6.31. The highest BCUT2D eigenvalue weighted by atomic mass is 32.2. The van der Waals surface area contributed by atoms with Gasteiger partial charge in [-0.1, -0.05) is 0 Å². The summed E-state index contributed by atoms with van der Waals surface area (Å²) < 4.78 is 0. The molecule has 110 valence electrons. The van der Waals surface area contributed by atoms with Crippen molar-refractivity contribution in [1.29, 1.82) is 0 Å². The summed E-state index contributed by atoms with van der Waals surface area (Å²) in [6.45, 7) is 4.47. The minimum atomic E-state index is -0.538. The maximum absolute atomic E-state index is 12.2. The predicted molar refractivity (Wildman–Crippen MR) is 82.6 cm³/mol. The number of nitro benzene ring substituents is 1. The monoisotopic (exact) mass is 297 g/mol. The molecule has 1 atom stereocenters. The van der Waals surface area contributed by atoms with Gasteiger partial charge in [-0.15, -0.1) is 0 Å². The number of hydrogen-bond acceptors (Lipinski definition) is 5. The molecule has 0 aliphatic rings. The molecule has 20 heavy (non-hydrogen) atoms. The third kappa shape index (κ3) is 4.41. The Morgan fingerprint density at radius 3 is 2.75 bits per heavy atom. The van der Waals surface area contributed by atoms with Crippen molar-refractivity contribution in [1.82, 2.24) is 5.32 Å². The van der Waals surface area contributed by atoms with E-state index < -0.39 is 10.8 Å². The lowest BCUT2D eigenvalue weighted by Gasteiger charge is -2.13. The first-order valence-corrected chi connectivity index (χ1v) is 7.71. The molecule has 0 spiro atoms. The number of nitro groups is 1. The Balaban J connectivity index is 3.02. The molecule has 1 unspecified atom stereocenters. The van der Waals surface area contributed by atoms with Crippen molar-refractivity contribution in [2.45, 2.75) is 19.9 Å². The van der Waals surface area contributed by atoms with Crippen LogP contribution in [0.1, 0.15) is 24.2 Å². The van der Waals surface area contributed by atoms with Gasteiger partial charge in [0.05, 0.1) is 4.92 Å². The molecule has 2 N–H and O–H groups in total. The molecule has 6 nitrogen and oxygen atoms in total. The second-order valence-electron chi connectivity index (χ2n) is 4.35. The molecule has 1 amide bonds. The van der Waals surface area contributed by atoms with Gasteiger partial charge in [-0.05, 0) is 32.2 Å². The molecule has 1 aromatic rings. The summed E-state index contributed by atoms with van der Waals surface area (Å²) in [5.41, 5.74) is 0.600. The summed E-state index contributed by atoms with van der Waals surface area (Å²) in [6, 6.07) is 4.43. The fourth-order valence-corrected chi connectivity index (χ4v) is 2.37. The highest BCUT2D eigenvalue weighted by Gasteiger charge is 2.21. The van der Waals surface area contributed by atoms with Crippen molar-refractivity contribution in [3.05, 3.63) is 33.9 Å². The standard InChI is InChI=1S/C13H19N3O3S/c1-4-14-10-5-6-12(16(18)19)11(7-10)13(17)15-9(2)8-20-3/h5-7,9,14H,4,8H2,1-3H3,(H,15,17). The maximum Gasteiger partial charge on any atom is 0.282 e. The minimum absolute atomic E-state index is 0.0418. The number of anilines is 1. The van der Waals surface area contributed by atoms with Gasteiger partial charge in [0, 0.05) is 30.1 Å². The number of amides is 1. The van der Waals surface area contributed by atoms with Gasteiger partial charge in [-0.3, -0.25) is 14.9 Å². The molecule has 0 radical (unpaired) electrons. The van der Waals surface area contributed by atoms with Gasteiger partial charge in [0.25, 0.3) is 11.6 Å². The van der Waals surface area contributed by atoms with Gasteiger partial charge in [-0.25, -0.2) is 0 Å². The van der Waals surface area contributed by atoms with Crippen LogP contribution >= 0.6 is 11.8 Å². The van der Waals surface area contributed by atoms with Crippen molar-refractivity contribution >= 4 is 29.0 Å². The van der Waals surface area contributed by atoms with E-state index in [0.717, 1.165) is 5.75 Å². The average molecular weight is 297 g/mol. The second kappa shape index (κ2) is 7.74. The number of carbonyl (C=O) groups excluding carboxylic acids is 1. The van der Waals surface area contributed by atoms with E-state index in [2.05, 4.69) is 10.6 Å². The van der Waals surface area contributed by atoms with Crippen LogP contribution < -0.4 is 10.6 Å². The molecule has 7 heteroatoms. The number of nitrogens with zero attached hydrogens (tertiary/aromatic N) is 1. The Hall–Kier alpha value is -1.76. The van der Waals surface area contributed by atoms with Gasteiger partial charge >= 0.3 is 0 Å². The molecule has 0 heterocycles. The Kier molecular flexibility index (Phi) is 6.30. The quantitative estimate of drug-likeness (QED) is 0.596. The van der Waals surface area contributed by atoms with Crippen LogP contribution in [0.15, 0.2) is 18.2 Å². The summed E-state index contributed by atoms with van der Waals surface area (Å²) in [5.74, 6) is 0.338. The molecule has 1 rings (SSSR count). The smallest absolute Gasteiger partial charge is 0.282 e. The zero-order valence-electron chi connectivity index (χ0n) is 11.8. The fourth-order valence-electron chi connectivity index (χ4n) is 1.78. The normalized spacial score (nSPS) is 11.8. The second-order valence-corrected chi connectivity index (χ2v) is 5.26. The number of hydrogen-bond donors (Lipinski definition) is 2. The first kappa shape index (κ1) is 16.3. The molecular formula is C13H19N3O3S. The molecular weight excluding hydrogens is 278 g/mol.